The first-order valence-corrected chi connectivity index (χ1v) is 11.5. The van der Waals surface area contributed by atoms with Crippen LogP contribution in [0.4, 0.5) is 0 Å². The fourth-order valence-electron chi connectivity index (χ4n) is 4.28. The molecular weight excluding hydrogens is 434 g/mol. The topological polar surface area (TPSA) is 80.3 Å². The lowest BCUT2D eigenvalue weighted by Gasteiger charge is -2.35. The van der Waals surface area contributed by atoms with Crippen molar-refractivity contribution in [2.45, 2.75) is 32.9 Å². The van der Waals surface area contributed by atoms with Crippen LogP contribution in [-0.2, 0) is 16.1 Å². The standard InChI is InChI=1S/C26H35N3O5/c1-18-6-8-20(9-7-18)22(27-19(2)30)16-24(31)29-14-12-28(13-15-29)17-21-10-11-23(32-3)26(34-5)25(21)33-4/h6-11,22H,12-17H2,1-5H3,(H,27,30). The van der Waals surface area contributed by atoms with Gasteiger partial charge in [-0.1, -0.05) is 35.9 Å². The summed E-state index contributed by atoms with van der Waals surface area (Å²) in [5.41, 5.74) is 3.08. The Kier molecular flexibility index (Phi) is 8.76. The molecule has 0 aliphatic carbocycles. The lowest BCUT2D eigenvalue weighted by atomic mass is 10.0. The number of carbonyl (C=O) groups excluding carboxylic acids is 2. The highest BCUT2D eigenvalue weighted by Crippen LogP contribution is 2.40. The van der Waals surface area contributed by atoms with E-state index >= 15 is 0 Å². The molecule has 0 bridgehead atoms. The molecule has 3 rings (SSSR count). The Balaban J connectivity index is 1.61. The van der Waals surface area contributed by atoms with Gasteiger partial charge in [0.2, 0.25) is 17.6 Å². The maximum absolute atomic E-state index is 13.1. The molecule has 2 amide bonds. The van der Waals surface area contributed by atoms with E-state index in [0.717, 1.165) is 29.8 Å². The lowest BCUT2D eigenvalue weighted by molar-refractivity contribution is -0.133. The highest BCUT2D eigenvalue weighted by molar-refractivity contribution is 5.79. The summed E-state index contributed by atoms with van der Waals surface area (Å²) in [5.74, 6) is 1.77. The van der Waals surface area contributed by atoms with E-state index < -0.39 is 0 Å². The molecular formula is C26H35N3O5. The summed E-state index contributed by atoms with van der Waals surface area (Å²) in [4.78, 5) is 29.0. The van der Waals surface area contributed by atoms with Crippen LogP contribution >= 0.6 is 0 Å². The first-order valence-electron chi connectivity index (χ1n) is 11.5. The van der Waals surface area contributed by atoms with E-state index in [1.54, 1.807) is 21.3 Å². The number of benzene rings is 2. The monoisotopic (exact) mass is 469 g/mol. The number of nitrogens with one attached hydrogen (secondary N) is 1. The van der Waals surface area contributed by atoms with Crippen molar-refractivity contribution in [1.29, 1.82) is 0 Å². The molecule has 1 aliphatic rings. The zero-order valence-corrected chi connectivity index (χ0v) is 20.7. The number of methoxy groups -OCH3 is 3. The predicted octanol–water partition coefficient (Wildman–Crippen LogP) is 2.93. The number of aryl methyl sites for hydroxylation is 1. The van der Waals surface area contributed by atoms with Gasteiger partial charge in [-0.25, -0.2) is 0 Å². The summed E-state index contributed by atoms with van der Waals surface area (Å²) < 4.78 is 16.5. The lowest BCUT2D eigenvalue weighted by Crippen LogP contribution is -2.49. The van der Waals surface area contributed by atoms with Crippen LogP contribution in [0.15, 0.2) is 36.4 Å². The van der Waals surface area contributed by atoms with Crippen molar-refractivity contribution in [2.75, 3.05) is 47.5 Å². The fourth-order valence-corrected chi connectivity index (χ4v) is 4.28. The molecule has 1 aliphatic heterocycles. The highest BCUT2D eigenvalue weighted by Gasteiger charge is 2.26. The third-order valence-corrected chi connectivity index (χ3v) is 6.14. The zero-order valence-electron chi connectivity index (χ0n) is 20.7. The number of carbonyl (C=O) groups is 2. The van der Waals surface area contributed by atoms with Crippen LogP contribution in [0, 0.1) is 6.92 Å². The second-order valence-electron chi connectivity index (χ2n) is 8.52. The normalized spacial score (nSPS) is 14.9. The average molecular weight is 470 g/mol. The summed E-state index contributed by atoms with van der Waals surface area (Å²) in [7, 11) is 4.82. The smallest absolute Gasteiger partial charge is 0.225 e. The molecule has 1 saturated heterocycles. The van der Waals surface area contributed by atoms with Crippen molar-refractivity contribution in [1.82, 2.24) is 15.1 Å². The van der Waals surface area contributed by atoms with Gasteiger partial charge in [0.05, 0.1) is 33.8 Å². The van der Waals surface area contributed by atoms with Gasteiger partial charge in [0.15, 0.2) is 11.5 Å². The summed E-state index contributed by atoms with van der Waals surface area (Å²) in [6.45, 7) is 6.94. The van der Waals surface area contributed by atoms with Crippen LogP contribution in [-0.4, -0.2) is 69.1 Å². The summed E-state index contributed by atoms with van der Waals surface area (Å²) >= 11 is 0. The molecule has 34 heavy (non-hydrogen) atoms. The van der Waals surface area contributed by atoms with Crippen molar-refractivity contribution in [3.05, 3.63) is 53.1 Å². The third-order valence-electron chi connectivity index (χ3n) is 6.14. The van der Waals surface area contributed by atoms with Crippen LogP contribution in [0.3, 0.4) is 0 Å². The molecule has 2 aromatic carbocycles. The summed E-state index contributed by atoms with van der Waals surface area (Å²) in [6, 6.07) is 11.5. The molecule has 1 heterocycles. The van der Waals surface area contributed by atoms with E-state index in [4.69, 9.17) is 14.2 Å². The fraction of sp³-hybridized carbons (Fsp3) is 0.462. The maximum Gasteiger partial charge on any atom is 0.225 e. The molecule has 1 unspecified atom stereocenters. The maximum atomic E-state index is 13.1. The summed E-state index contributed by atoms with van der Waals surface area (Å²) in [5, 5.41) is 2.93. The van der Waals surface area contributed by atoms with Gasteiger partial charge in [0.25, 0.3) is 0 Å². The van der Waals surface area contributed by atoms with Crippen LogP contribution in [0.5, 0.6) is 17.2 Å². The van der Waals surface area contributed by atoms with Gasteiger partial charge >= 0.3 is 0 Å². The highest BCUT2D eigenvalue weighted by atomic mass is 16.5. The van der Waals surface area contributed by atoms with Crippen molar-refractivity contribution in [3.63, 3.8) is 0 Å². The quantitative estimate of drug-likeness (QED) is 0.608. The number of hydrogen-bond acceptors (Lipinski definition) is 6. The largest absolute Gasteiger partial charge is 0.493 e. The SMILES string of the molecule is COc1ccc(CN2CCN(C(=O)CC(NC(C)=O)c3ccc(C)cc3)CC2)c(OC)c1OC. The first-order chi connectivity index (χ1) is 16.4. The van der Waals surface area contributed by atoms with Crippen molar-refractivity contribution in [2.24, 2.45) is 0 Å². The van der Waals surface area contributed by atoms with Gasteiger partial charge in [-0.05, 0) is 18.6 Å². The van der Waals surface area contributed by atoms with E-state index in [-0.39, 0.29) is 24.3 Å². The Labute approximate surface area is 201 Å². The van der Waals surface area contributed by atoms with Crippen LogP contribution in [0.1, 0.15) is 36.1 Å². The zero-order chi connectivity index (χ0) is 24.7. The predicted molar refractivity (Wildman–Crippen MR) is 130 cm³/mol. The van der Waals surface area contributed by atoms with Gasteiger partial charge in [0.1, 0.15) is 0 Å². The second kappa shape index (κ2) is 11.7. The molecule has 8 heteroatoms. The molecule has 184 valence electrons. The molecule has 0 aromatic heterocycles. The Morgan fingerprint density at radius 1 is 0.912 bits per heavy atom. The molecule has 0 radical (unpaired) electrons. The van der Waals surface area contributed by atoms with Crippen molar-refractivity contribution < 1.29 is 23.8 Å². The Hall–Kier alpha value is -3.26. The number of rotatable bonds is 9. The summed E-state index contributed by atoms with van der Waals surface area (Å²) in [6.07, 6.45) is 0.242. The number of hydrogen-bond donors (Lipinski definition) is 1. The molecule has 0 spiro atoms. The van der Waals surface area contributed by atoms with E-state index in [0.29, 0.717) is 36.9 Å². The van der Waals surface area contributed by atoms with Crippen LogP contribution < -0.4 is 19.5 Å². The van der Waals surface area contributed by atoms with Crippen molar-refractivity contribution >= 4 is 11.8 Å². The van der Waals surface area contributed by atoms with Gasteiger partial charge in [-0.2, -0.15) is 0 Å². The first kappa shape index (κ1) is 25.4. The van der Waals surface area contributed by atoms with Gasteiger partial charge in [-0.15, -0.1) is 0 Å². The van der Waals surface area contributed by atoms with E-state index in [1.165, 1.54) is 6.92 Å². The molecule has 1 atom stereocenters. The Morgan fingerprint density at radius 3 is 2.12 bits per heavy atom. The number of ether oxygens (including phenoxy) is 3. The number of piperazine rings is 1. The second-order valence-corrected chi connectivity index (χ2v) is 8.52. The molecule has 0 saturated carbocycles. The molecule has 2 aromatic rings. The minimum absolute atomic E-state index is 0.0441. The molecule has 1 N–H and O–H groups in total. The van der Waals surface area contributed by atoms with Crippen LogP contribution in [0.2, 0.25) is 0 Å². The van der Waals surface area contributed by atoms with Gasteiger partial charge in [0, 0.05) is 45.2 Å². The van der Waals surface area contributed by atoms with E-state index in [9.17, 15) is 9.59 Å². The van der Waals surface area contributed by atoms with Crippen molar-refractivity contribution in [3.8, 4) is 17.2 Å². The van der Waals surface area contributed by atoms with E-state index in [2.05, 4.69) is 10.2 Å². The minimum Gasteiger partial charge on any atom is -0.493 e. The molecule has 8 nitrogen and oxygen atoms in total. The van der Waals surface area contributed by atoms with Gasteiger partial charge < -0.3 is 24.4 Å². The number of nitrogens with zero attached hydrogens (tertiary/aromatic N) is 2. The molecule has 1 fully saturated rings. The number of amides is 2. The average Bonchev–Trinajstić information content (AvgIpc) is 2.83. The third kappa shape index (κ3) is 6.20. The Bertz CT molecular complexity index is 985. The van der Waals surface area contributed by atoms with Crippen LogP contribution in [0.25, 0.3) is 0 Å². The Morgan fingerprint density at radius 2 is 1.56 bits per heavy atom. The van der Waals surface area contributed by atoms with Gasteiger partial charge in [-0.3, -0.25) is 14.5 Å². The minimum atomic E-state index is -0.334. The van der Waals surface area contributed by atoms with E-state index in [1.807, 2.05) is 48.2 Å².